The summed E-state index contributed by atoms with van der Waals surface area (Å²) in [4.78, 5) is 11.5. The second kappa shape index (κ2) is 8.16. The van der Waals surface area contributed by atoms with Gasteiger partial charge in [-0.15, -0.1) is 0 Å². The molecule has 2 heterocycles. The van der Waals surface area contributed by atoms with E-state index in [-0.39, 0.29) is 28.7 Å². The predicted molar refractivity (Wildman–Crippen MR) is 119 cm³/mol. The van der Waals surface area contributed by atoms with Crippen LogP contribution in [-0.4, -0.2) is 20.2 Å². The fourth-order valence-corrected chi connectivity index (χ4v) is 3.65. The van der Waals surface area contributed by atoms with Gasteiger partial charge in [0, 0.05) is 23.3 Å². The summed E-state index contributed by atoms with van der Waals surface area (Å²) >= 11 is 0. The molecule has 0 unspecified atom stereocenters. The molecule has 0 amide bonds. The molecule has 0 saturated carbocycles. The number of H-pyrrole nitrogens is 1. The Balaban J connectivity index is 1.45. The minimum Gasteiger partial charge on any atom is -0.446 e. The molecule has 0 radical (unpaired) electrons. The maximum absolute atomic E-state index is 15.0. The number of aromatic amines is 1. The Morgan fingerprint density at radius 2 is 1.97 bits per heavy atom. The number of anilines is 2. The number of benzene rings is 2. The van der Waals surface area contributed by atoms with Crippen molar-refractivity contribution in [1.82, 2.24) is 20.2 Å². The molecule has 0 spiro atoms. The van der Waals surface area contributed by atoms with Crippen LogP contribution in [0.5, 0.6) is 11.6 Å². The van der Waals surface area contributed by atoms with Crippen LogP contribution in [0.2, 0.25) is 0 Å². The van der Waals surface area contributed by atoms with E-state index in [1.54, 1.807) is 19.1 Å². The smallest absolute Gasteiger partial charge is 0.288 e. The second-order valence-corrected chi connectivity index (χ2v) is 7.48. The van der Waals surface area contributed by atoms with Gasteiger partial charge in [-0.2, -0.15) is 5.10 Å². The van der Waals surface area contributed by atoms with Gasteiger partial charge in [0.15, 0.2) is 17.4 Å². The molecule has 1 aliphatic rings. The van der Waals surface area contributed by atoms with Crippen LogP contribution < -0.4 is 10.1 Å². The standard InChI is InChI=1S/C24H16F2N6O/c1-13-8-15-16(9-13)21(26)19(10-17(15)25)33-24-22(27-2)23(28-12-29-24)30-20-11-18(31-32-20)14-6-4-3-5-7-14/h3-7,9-12H,8H2,1H3,(H2,28,29,30,31,32). The minimum atomic E-state index is -0.702. The lowest BCUT2D eigenvalue weighted by Gasteiger charge is -2.12. The molecular formula is C24H16F2N6O. The van der Waals surface area contributed by atoms with E-state index >= 15 is 0 Å². The molecule has 33 heavy (non-hydrogen) atoms. The molecule has 4 aromatic rings. The SMILES string of the molecule is [C-]#[N+]c1c(Nc2cc(-c3ccccc3)[nH]n2)ncnc1Oc1cc(F)c2c(c1F)C=C(C)C2. The third kappa shape index (κ3) is 3.78. The fraction of sp³-hybridized carbons (Fsp3) is 0.0833. The Morgan fingerprint density at radius 1 is 1.15 bits per heavy atom. The topological polar surface area (TPSA) is 80.1 Å². The van der Waals surface area contributed by atoms with Crippen LogP contribution in [0.1, 0.15) is 18.1 Å². The van der Waals surface area contributed by atoms with Gasteiger partial charge in [0.25, 0.3) is 5.69 Å². The van der Waals surface area contributed by atoms with Gasteiger partial charge in [0.05, 0.1) is 12.3 Å². The number of hydrogen-bond acceptors (Lipinski definition) is 5. The normalized spacial score (nSPS) is 12.1. The molecule has 2 aromatic carbocycles. The van der Waals surface area contributed by atoms with Gasteiger partial charge in [-0.05, 0) is 18.9 Å². The van der Waals surface area contributed by atoms with E-state index in [1.165, 1.54) is 6.33 Å². The summed E-state index contributed by atoms with van der Waals surface area (Å²) in [5.41, 5.74) is 2.92. The first-order chi connectivity index (χ1) is 16.0. The van der Waals surface area contributed by atoms with Crippen LogP contribution in [0.3, 0.4) is 0 Å². The van der Waals surface area contributed by atoms with E-state index in [9.17, 15) is 8.78 Å². The molecule has 2 N–H and O–H groups in total. The van der Waals surface area contributed by atoms with Crippen LogP contribution in [0, 0.1) is 18.2 Å². The first kappa shape index (κ1) is 20.3. The number of hydrogen-bond donors (Lipinski definition) is 2. The maximum Gasteiger partial charge on any atom is 0.288 e. The summed E-state index contributed by atoms with van der Waals surface area (Å²) in [5, 5.41) is 10.1. The van der Waals surface area contributed by atoms with Crippen molar-refractivity contribution in [3.05, 3.63) is 88.5 Å². The highest BCUT2D eigenvalue weighted by atomic mass is 19.1. The molecule has 2 aromatic heterocycles. The van der Waals surface area contributed by atoms with Crippen LogP contribution in [-0.2, 0) is 6.42 Å². The Kier molecular flexibility index (Phi) is 5.03. The van der Waals surface area contributed by atoms with Crippen molar-refractivity contribution >= 4 is 23.4 Å². The zero-order valence-electron chi connectivity index (χ0n) is 17.4. The number of aromatic nitrogens is 4. The Morgan fingerprint density at radius 3 is 2.76 bits per heavy atom. The third-order valence-corrected chi connectivity index (χ3v) is 5.19. The maximum atomic E-state index is 15.0. The van der Waals surface area contributed by atoms with Crippen molar-refractivity contribution < 1.29 is 13.5 Å². The molecular weight excluding hydrogens is 426 g/mol. The molecule has 0 atom stereocenters. The van der Waals surface area contributed by atoms with Gasteiger partial charge < -0.3 is 10.1 Å². The fourth-order valence-electron chi connectivity index (χ4n) is 3.65. The van der Waals surface area contributed by atoms with Gasteiger partial charge >= 0.3 is 0 Å². The van der Waals surface area contributed by atoms with E-state index < -0.39 is 11.6 Å². The van der Waals surface area contributed by atoms with Crippen molar-refractivity contribution in [2.45, 2.75) is 13.3 Å². The summed E-state index contributed by atoms with van der Waals surface area (Å²) in [7, 11) is 0. The van der Waals surface area contributed by atoms with Crippen molar-refractivity contribution in [3.63, 3.8) is 0 Å². The minimum absolute atomic E-state index is 0.0891. The predicted octanol–water partition coefficient (Wildman–Crippen LogP) is 6.19. The van der Waals surface area contributed by atoms with Gasteiger partial charge in [-0.25, -0.2) is 23.6 Å². The average molecular weight is 442 g/mol. The van der Waals surface area contributed by atoms with Crippen LogP contribution in [0.4, 0.5) is 26.1 Å². The van der Waals surface area contributed by atoms with Crippen LogP contribution in [0.15, 0.2) is 54.4 Å². The van der Waals surface area contributed by atoms with Crippen molar-refractivity contribution in [1.29, 1.82) is 0 Å². The lowest BCUT2D eigenvalue weighted by Crippen LogP contribution is -2.01. The molecule has 0 bridgehead atoms. The summed E-state index contributed by atoms with van der Waals surface area (Å²) < 4.78 is 35.0. The number of ether oxygens (including phenoxy) is 1. The summed E-state index contributed by atoms with van der Waals surface area (Å²) in [6, 6.07) is 12.3. The lowest BCUT2D eigenvalue weighted by molar-refractivity contribution is 0.422. The van der Waals surface area contributed by atoms with Gasteiger partial charge in [-0.1, -0.05) is 42.0 Å². The Hall–Kier alpha value is -4.58. The highest BCUT2D eigenvalue weighted by Crippen LogP contribution is 2.40. The molecule has 0 saturated heterocycles. The van der Waals surface area contributed by atoms with Crippen molar-refractivity contribution in [2.24, 2.45) is 0 Å². The molecule has 0 aliphatic heterocycles. The van der Waals surface area contributed by atoms with Crippen LogP contribution >= 0.6 is 0 Å². The Bertz CT molecular complexity index is 1440. The van der Waals surface area contributed by atoms with Gasteiger partial charge in [0.2, 0.25) is 5.88 Å². The number of allylic oxidation sites excluding steroid dienone is 1. The first-order valence-electron chi connectivity index (χ1n) is 9.99. The van der Waals surface area contributed by atoms with E-state index in [4.69, 9.17) is 11.3 Å². The number of nitrogens with zero attached hydrogens (tertiary/aromatic N) is 4. The quantitative estimate of drug-likeness (QED) is 0.360. The monoisotopic (exact) mass is 442 g/mol. The number of nitrogens with one attached hydrogen (secondary N) is 2. The Labute approximate surface area is 187 Å². The summed E-state index contributed by atoms with van der Waals surface area (Å²) in [6.45, 7) is 9.36. The van der Waals surface area contributed by atoms with Gasteiger partial charge in [-0.3, -0.25) is 5.10 Å². The zero-order valence-corrected chi connectivity index (χ0v) is 17.4. The van der Waals surface area contributed by atoms with Crippen molar-refractivity contribution in [2.75, 3.05) is 5.32 Å². The summed E-state index contributed by atoms with van der Waals surface area (Å²) in [5.74, 6) is -1.28. The van der Waals surface area contributed by atoms with Gasteiger partial charge in [0.1, 0.15) is 18.0 Å². The van der Waals surface area contributed by atoms with E-state index in [0.29, 0.717) is 17.8 Å². The molecule has 0 fully saturated rings. The molecule has 7 nitrogen and oxygen atoms in total. The largest absolute Gasteiger partial charge is 0.446 e. The zero-order chi connectivity index (χ0) is 22.9. The van der Waals surface area contributed by atoms with Crippen LogP contribution in [0.25, 0.3) is 22.2 Å². The lowest BCUT2D eigenvalue weighted by atomic mass is 10.1. The van der Waals surface area contributed by atoms with E-state index in [1.807, 2.05) is 30.3 Å². The highest BCUT2D eigenvalue weighted by molar-refractivity contribution is 5.76. The first-order valence-corrected chi connectivity index (χ1v) is 9.99. The molecule has 1 aliphatic carbocycles. The third-order valence-electron chi connectivity index (χ3n) is 5.19. The second-order valence-electron chi connectivity index (χ2n) is 7.48. The summed E-state index contributed by atoms with van der Waals surface area (Å²) in [6.07, 6.45) is 3.11. The van der Waals surface area contributed by atoms with E-state index in [2.05, 4.69) is 30.3 Å². The number of rotatable bonds is 5. The molecule has 162 valence electrons. The highest BCUT2D eigenvalue weighted by Gasteiger charge is 2.24. The average Bonchev–Trinajstić information content (AvgIpc) is 3.45. The number of halogens is 2. The van der Waals surface area contributed by atoms with E-state index in [0.717, 1.165) is 22.9 Å². The van der Waals surface area contributed by atoms with Crippen molar-refractivity contribution in [3.8, 4) is 22.9 Å². The molecule has 5 rings (SSSR count). The number of fused-ring (bicyclic) bond motifs is 1. The molecule has 9 heteroatoms.